The van der Waals surface area contributed by atoms with Crippen LogP contribution in [0.25, 0.3) is 16.9 Å². The van der Waals surface area contributed by atoms with E-state index in [2.05, 4.69) is 9.97 Å². The van der Waals surface area contributed by atoms with E-state index in [-0.39, 0.29) is 5.88 Å². The molecule has 0 bridgehead atoms. The number of fused-ring (bicyclic) bond motifs is 1. The third-order valence-electron chi connectivity index (χ3n) is 2.98. The highest BCUT2D eigenvalue weighted by Crippen LogP contribution is 2.28. The summed E-state index contributed by atoms with van der Waals surface area (Å²) >= 11 is 12.0. The molecule has 0 aliphatic rings. The molecule has 0 unspecified atom stereocenters. The number of hydrogen-bond acceptors (Lipinski definition) is 3. The van der Waals surface area contributed by atoms with Crippen molar-refractivity contribution in [3.05, 3.63) is 47.4 Å². The van der Waals surface area contributed by atoms with Gasteiger partial charge in [0.15, 0.2) is 5.65 Å². The van der Waals surface area contributed by atoms with Gasteiger partial charge < -0.3 is 4.74 Å². The largest absolute Gasteiger partial charge is 0.495 e. The Morgan fingerprint density at radius 1 is 1.30 bits per heavy atom. The highest BCUT2D eigenvalue weighted by atomic mass is 35.5. The van der Waals surface area contributed by atoms with E-state index in [1.807, 2.05) is 28.8 Å². The Morgan fingerprint density at radius 3 is 2.85 bits per heavy atom. The minimum atomic E-state index is 0.270. The summed E-state index contributed by atoms with van der Waals surface area (Å²) in [5.41, 5.74) is 2.26. The van der Waals surface area contributed by atoms with Crippen molar-refractivity contribution in [3.63, 3.8) is 0 Å². The number of para-hydroxylation sites is 2. The van der Waals surface area contributed by atoms with Gasteiger partial charge in [0.2, 0.25) is 0 Å². The van der Waals surface area contributed by atoms with Crippen LogP contribution >= 0.6 is 23.2 Å². The number of pyridine rings is 1. The topological polar surface area (TPSA) is 39.9 Å². The molecule has 0 saturated heterocycles. The third kappa shape index (κ3) is 2.11. The molecule has 0 aliphatic heterocycles. The number of ether oxygens (including phenoxy) is 1. The second-order valence-electron chi connectivity index (χ2n) is 4.17. The second kappa shape index (κ2) is 5.31. The van der Waals surface area contributed by atoms with Crippen LogP contribution in [0.2, 0.25) is 5.02 Å². The molecule has 0 amide bonds. The van der Waals surface area contributed by atoms with Crippen molar-refractivity contribution in [3.8, 4) is 11.4 Å². The summed E-state index contributed by atoms with van der Waals surface area (Å²) in [5, 5.41) is 0.545. The molecule has 0 spiro atoms. The fourth-order valence-corrected chi connectivity index (χ4v) is 2.48. The minimum Gasteiger partial charge on any atom is -0.495 e. The number of halogens is 2. The predicted octanol–water partition coefficient (Wildman–Crippen LogP) is 3.82. The van der Waals surface area contributed by atoms with Crippen LogP contribution in [0.15, 0.2) is 36.5 Å². The van der Waals surface area contributed by atoms with Crippen molar-refractivity contribution in [2.45, 2.75) is 5.88 Å². The fourth-order valence-electron chi connectivity index (χ4n) is 2.14. The number of alkyl halides is 1. The molecule has 3 aromatic rings. The lowest BCUT2D eigenvalue weighted by molar-refractivity contribution is 0.413. The van der Waals surface area contributed by atoms with E-state index in [1.54, 1.807) is 19.4 Å². The van der Waals surface area contributed by atoms with E-state index in [0.29, 0.717) is 22.0 Å². The highest BCUT2D eigenvalue weighted by Gasteiger charge is 2.16. The molecule has 0 fully saturated rings. The SMILES string of the molecule is COc1ccccc1-n1c(CCl)nc2cc(Cl)cnc21. The van der Waals surface area contributed by atoms with Gasteiger partial charge in [0.05, 0.1) is 23.7 Å². The molecule has 20 heavy (non-hydrogen) atoms. The van der Waals surface area contributed by atoms with Gasteiger partial charge in [-0.05, 0) is 18.2 Å². The molecular weight excluding hydrogens is 297 g/mol. The molecule has 2 heterocycles. The lowest BCUT2D eigenvalue weighted by Crippen LogP contribution is -2.02. The number of methoxy groups -OCH3 is 1. The standard InChI is InChI=1S/C14H11Cl2N3O/c1-20-12-5-3-2-4-11(12)19-13(7-15)18-10-6-9(16)8-17-14(10)19/h2-6,8H,7H2,1H3. The zero-order chi connectivity index (χ0) is 14.1. The van der Waals surface area contributed by atoms with Crippen LogP contribution in [0.3, 0.4) is 0 Å². The van der Waals surface area contributed by atoms with Gasteiger partial charge in [-0.25, -0.2) is 9.97 Å². The quantitative estimate of drug-likeness (QED) is 0.691. The van der Waals surface area contributed by atoms with Crippen LogP contribution < -0.4 is 4.74 Å². The normalized spacial score (nSPS) is 10.9. The van der Waals surface area contributed by atoms with E-state index >= 15 is 0 Å². The summed E-state index contributed by atoms with van der Waals surface area (Å²) in [7, 11) is 1.63. The Bertz CT molecular complexity index is 770. The van der Waals surface area contributed by atoms with Gasteiger partial charge in [-0.2, -0.15) is 0 Å². The average Bonchev–Trinajstić information content (AvgIpc) is 2.84. The zero-order valence-corrected chi connectivity index (χ0v) is 12.2. The van der Waals surface area contributed by atoms with Crippen LogP contribution in [0.4, 0.5) is 0 Å². The van der Waals surface area contributed by atoms with E-state index in [1.165, 1.54) is 0 Å². The number of aromatic nitrogens is 3. The first kappa shape index (κ1) is 13.2. The average molecular weight is 308 g/mol. The van der Waals surface area contributed by atoms with Gasteiger partial charge in [-0.15, -0.1) is 11.6 Å². The predicted molar refractivity (Wildman–Crippen MR) is 80.0 cm³/mol. The first-order valence-corrected chi connectivity index (χ1v) is 6.88. The Labute approximate surface area is 125 Å². The summed E-state index contributed by atoms with van der Waals surface area (Å²) < 4.78 is 7.28. The maximum absolute atomic E-state index is 6.00. The molecule has 102 valence electrons. The van der Waals surface area contributed by atoms with Gasteiger partial charge in [-0.1, -0.05) is 23.7 Å². The molecule has 0 radical (unpaired) electrons. The molecule has 4 nitrogen and oxygen atoms in total. The molecule has 0 N–H and O–H groups in total. The molecular formula is C14H11Cl2N3O. The second-order valence-corrected chi connectivity index (χ2v) is 4.87. The van der Waals surface area contributed by atoms with Crippen molar-refractivity contribution in [1.29, 1.82) is 0 Å². The van der Waals surface area contributed by atoms with E-state index in [0.717, 1.165) is 11.4 Å². The summed E-state index contributed by atoms with van der Waals surface area (Å²) in [5.74, 6) is 1.70. The van der Waals surface area contributed by atoms with Crippen molar-refractivity contribution < 1.29 is 4.74 Å². The number of hydrogen-bond donors (Lipinski definition) is 0. The molecule has 0 aliphatic carbocycles. The molecule has 2 aromatic heterocycles. The molecule has 0 atom stereocenters. The number of nitrogens with zero attached hydrogens (tertiary/aromatic N) is 3. The van der Waals surface area contributed by atoms with E-state index in [9.17, 15) is 0 Å². The van der Waals surface area contributed by atoms with Crippen LogP contribution in [-0.4, -0.2) is 21.6 Å². The van der Waals surface area contributed by atoms with Crippen molar-refractivity contribution in [2.75, 3.05) is 7.11 Å². The van der Waals surface area contributed by atoms with Gasteiger partial charge >= 0.3 is 0 Å². The Balaban J connectivity index is 2.34. The van der Waals surface area contributed by atoms with Crippen LogP contribution in [0, 0.1) is 0 Å². The lowest BCUT2D eigenvalue weighted by atomic mass is 10.3. The van der Waals surface area contributed by atoms with Crippen molar-refractivity contribution in [2.24, 2.45) is 0 Å². The minimum absolute atomic E-state index is 0.270. The molecule has 3 rings (SSSR count). The molecule has 1 aromatic carbocycles. The van der Waals surface area contributed by atoms with Crippen molar-refractivity contribution >= 4 is 34.4 Å². The van der Waals surface area contributed by atoms with Crippen LogP contribution in [0.1, 0.15) is 5.82 Å². The number of imidazole rings is 1. The number of benzene rings is 1. The zero-order valence-electron chi connectivity index (χ0n) is 10.7. The first-order chi connectivity index (χ1) is 9.74. The van der Waals surface area contributed by atoms with Gasteiger partial charge in [0, 0.05) is 6.20 Å². The summed E-state index contributed by atoms with van der Waals surface area (Å²) in [6.45, 7) is 0. The van der Waals surface area contributed by atoms with Crippen LogP contribution in [-0.2, 0) is 5.88 Å². The van der Waals surface area contributed by atoms with Gasteiger partial charge in [0.1, 0.15) is 17.1 Å². The smallest absolute Gasteiger partial charge is 0.164 e. The monoisotopic (exact) mass is 307 g/mol. The van der Waals surface area contributed by atoms with Crippen molar-refractivity contribution in [1.82, 2.24) is 14.5 Å². The first-order valence-electron chi connectivity index (χ1n) is 5.97. The highest BCUT2D eigenvalue weighted by molar-refractivity contribution is 6.31. The summed E-state index contributed by atoms with van der Waals surface area (Å²) in [4.78, 5) is 8.83. The fraction of sp³-hybridized carbons (Fsp3) is 0.143. The Morgan fingerprint density at radius 2 is 2.10 bits per heavy atom. The molecule has 0 saturated carbocycles. The van der Waals surface area contributed by atoms with E-state index in [4.69, 9.17) is 27.9 Å². The Hall–Kier alpha value is -1.78. The summed E-state index contributed by atoms with van der Waals surface area (Å²) in [6, 6.07) is 9.43. The maximum atomic E-state index is 6.00. The van der Waals surface area contributed by atoms with Gasteiger partial charge in [-0.3, -0.25) is 4.57 Å². The third-order valence-corrected chi connectivity index (χ3v) is 3.42. The van der Waals surface area contributed by atoms with Gasteiger partial charge in [0.25, 0.3) is 0 Å². The summed E-state index contributed by atoms with van der Waals surface area (Å²) in [6.07, 6.45) is 1.59. The van der Waals surface area contributed by atoms with Crippen LogP contribution in [0.5, 0.6) is 5.75 Å². The number of rotatable bonds is 3. The Kier molecular flexibility index (Phi) is 3.51. The maximum Gasteiger partial charge on any atom is 0.164 e. The molecule has 6 heteroatoms. The van der Waals surface area contributed by atoms with E-state index < -0.39 is 0 Å². The lowest BCUT2D eigenvalue weighted by Gasteiger charge is -2.11.